The Labute approximate surface area is 231 Å². The third kappa shape index (κ3) is 5.36. The number of fused-ring (bicyclic) bond motifs is 1. The number of hydrogen-bond donors (Lipinski definition) is 0. The van der Waals surface area contributed by atoms with Crippen molar-refractivity contribution in [2.45, 2.75) is 57.7 Å². The van der Waals surface area contributed by atoms with E-state index < -0.39 is 11.1 Å². The zero-order valence-corrected chi connectivity index (χ0v) is 24.9. The number of halogens is 2. The molecule has 1 aliphatic heterocycles. The number of ether oxygens (including phenoxy) is 1. The molecule has 2 amide bonds. The molecule has 0 radical (unpaired) electrons. The molecule has 1 saturated heterocycles. The van der Waals surface area contributed by atoms with Gasteiger partial charge in [-0.2, -0.15) is 0 Å². The van der Waals surface area contributed by atoms with Gasteiger partial charge in [0.1, 0.15) is 11.1 Å². The fourth-order valence-corrected chi connectivity index (χ4v) is 6.71. The van der Waals surface area contributed by atoms with Crippen molar-refractivity contribution in [1.29, 1.82) is 0 Å². The van der Waals surface area contributed by atoms with Gasteiger partial charge >= 0.3 is 6.09 Å². The molecule has 2 unspecified atom stereocenters. The molecule has 1 aliphatic carbocycles. The fraction of sp³-hybridized carbons (Fsp3) is 0.500. The lowest BCUT2D eigenvalue weighted by Crippen LogP contribution is -2.61. The van der Waals surface area contributed by atoms with Crippen LogP contribution in [0.3, 0.4) is 0 Å². The smallest absolute Gasteiger partial charge is 0.410 e. The molecule has 2 aliphatic rings. The molecule has 1 heterocycles. The van der Waals surface area contributed by atoms with Gasteiger partial charge < -0.3 is 14.5 Å². The van der Waals surface area contributed by atoms with E-state index in [1.807, 2.05) is 50.9 Å². The summed E-state index contributed by atoms with van der Waals surface area (Å²) in [6.45, 7) is 10.0. The monoisotopic (exact) mass is 619 g/mol. The van der Waals surface area contributed by atoms with E-state index in [-0.39, 0.29) is 18.0 Å². The third-order valence-corrected chi connectivity index (χ3v) is 8.23. The summed E-state index contributed by atoms with van der Waals surface area (Å²) in [4.78, 5) is 33.1. The molecule has 6 nitrogen and oxygen atoms in total. The number of benzene rings is 2. The maximum absolute atomic E-state index is 14.5. The number of hydrogen-bond acceptors (Lipinski definition) is 4. The summed E-state index contributed by atoms with van der Waals surface area (Å²) in [5.41, 5.74) is 2.10. The maximum Gasteiger partial charge on any atom is 0.410 e. The first kappa shape index (κ1) is 27.1. The highest BCUT2D eigenvalue weighted by molar-refractivity contribution is 9.11. The molecule has 194 valence electrons. The second kappa shape index (κ2) is 10.5. The van der Waals surface area contributed by atoms with Gasteiger partial charge in [-0.15, -0.1) is 0 Å². The zero-order chi connectivity index (χ0) is 26.3. The van der Waals surface area contributed by atoms with Crippen molar-refractivity contribution in [3.8, 4) is 0 Å². The van der Waals surface area contributed by atoms with Crippen LogP contribution in [0.4, 0.5) is 4.79 Å². The molecule has 0 N–H and O–H groups in total. The molecule has 1 fully saturated rings. The van der Waals surface area contributed by atoms with Crippen LogP contribution in [0.1, 0.15) is 56.8 Å². The van der Waals surface area contributed by atoms with E-state index in [9.17, 15) is 9.59 Å². The van der Waals surface area contributed by atoms with E-state index >= 15 is 0 Å². The van der Waals surface area contributed by atoms with Gasteiger partial charge in [-0.05, 0) is 75.4 Å². The second-order valence-corrected chi connectivity index (χ2v) is 12.6. The highest BCUT2D eigenvalue weighted by Gasteiger charge is 2.52. The van der Waals surface area contributed by atoms with Crippen LogP contribution in [-0.2, 0) is 21.5 Å². The average molecular weight is 621 g/mol. The first-order valence-corrected chi connectivity index (χ1v) is 14.1. The first-order chi connectivity index (χ1) is 16.9. The predicted octanol–water partition coefficient (Wildman–Crippen LogP) is 6.13. The number of likely N-dealkylation sites (N-methyl/N-ethyl adjacent to an activating group) is 1. The van der Waals surface area contributed by atoms with E-state index in [2.05, 4.69) is 67.9 Å². The first-order valence-electron chi connectivity index (χ1n) is 12.5. The molecule has 36 heavy (non-hydrogen) atoms. The second-order valence-electron chi connectivity index (χ2n) is 10.8. The summed E-state index contributed by atoms with van der Waals surface area (Å²) in [6, 6.07) is 14.3. The summed E-state index contributed by atoms with van der Waals surface area (Å²) in [5, 5.41) is 0. The Bertz CT molecular complexity index is 1120. The summed E-state index contributed by atoms with van der Waals surface area (Å²) in [5.74, 6) is 0.0989. The van der Waals surface area contributed by atoms with Crippen LogP contribution in [0.15, 0.2) is 51.4 Å². The van der Waals surface area contributed by atoms with Gasteiger partial charge in [0.05, 0.1) is 6.04 Å². The lowest BCUT2D eigenvalue weighted by atomic mass is 9.86. The normalized spacial score (nSPS) is 21.1. The zero-order valence-electron chi connectivity index (χ0n) is 21.7. The minimum absolute atomic E-state index is 0.0989. The van der Waals surface area contributed by atoms with Crippen molar-refractivity contribution in [2.75, 3.05) is 33.2 Å². The maximum atomic E-state index is 14.5. The third-order valence-electron chi connectivity index (χ3n) is 7.31. The molecular formula is C28H35Br2N3O3. The summed E-state index contributed by atoms with van der Waals surface area (Å²) in [6.07, 6.45) is 1.30. The van der Waals surface area contributed by atoms with Crippen molar-refractivity contribution in [2.24, 2.45) is 0 Å². The molecule has 2 aromatic rings. The van der Waals surface area contributed by atoms with Crippen LogP contribution in [0, 0.1) is 0 Å². The molecular weight excluding hydrogens is 586 g/mol. The molecule has 0 saturated carbocycles. The van der Waals surface area contributed by atoms with Crippen molar-refractivity contribution in [1.82, 2.24) is 14.7 Å². The molecule has 2 atom stereocenters. The summed E-state index contributed by atoms with van der Waals surface area (Å²) in [7, 11) is 1.90. The van der Waals surface area contributed by atoms with Crippen LogP contribution in [-0.4, -0.2) is 65.5 Å². The Kier molecular flexibility index (Phi) is 7.89. The van der Waals surface area contributed by atoms with E-state index in [4.69, 9.17) is 4.74 Å². The Hall–Kier alpha value is -1.90. The van der Waals surface area contributed by atoms with Crippen molar-refractivity contribution in [3.63, 3.8) is 0 Å². The van der Waals surface area contributed by atoms with Crippen LogP contribution in [0.25, 0.3) is 0 Å². The number of aryl methyl sites for hydroxylation is 1. The van der Waals surface area contributed by atoms with Crippen LogP contribution in [0.2, 0.25) is 0 Å². The Morgan fingerprint density at radius 2 is 1.64 bits per heavy atom. The number of nitrogens with zero attached hydrogens (tertiary/aromatic N) is 3. The minimum atomic E-state index is -0.747. The van der Waals surface area contributed by atoms with E-state index in [0.29, 0.717) is 26.2 Å². The number of carbonyl (C=O) groups is 2. The Morgan fingerprint density at radius 3 is 2.25 bits per heavy atom. The standard InChI is InChI=1S/C28H35Br2N3O3/c1-19(21-16-22(29)18-23(30)17-21)31(5)25(34)28(11-10-20-8-6-7-9-24(20)28)33-14-12-32(13-15-33)26(35)36-27(2,3)4/h6-9,16-19H,10-15H2,1-5H3. The van der Waals surface area contributed by atoms with Crippen molar-refractivity contribution >= 4 is 43.9 Å². The van der Waals surface area contributed by atoms with Crippen molar-refractivity contribution < 1.29 is 14.3 Å². The Balaban J connectivity index is 1.62. The highest BCUT2D eigenvalue weighted by atomic mass is 79.9. The number of carbonyl (C=O) groups excluding carboxylic acids is 2. The molecule has 2 aromatic carbocycles. The number of amides is 2. The van der Waals surface area contributed by atoms with Crippen molar-refractivity contribution in [3.05, 3.63) is 68.1 Å². The molecule has 4 rings (SSSR count). The molecule has 0 bridgehead atoms. The fourth-order valence-electron chi connectivity index (χ4n) is 5.38. The van der Waals surface area contributed by atoms with Crippen LogP contribution in [0.5, 0.6) is 0 Å². The SMILES string of the molecule is CC(c1cc(Br)cc(Br)c1)N(C)C(=O)C1(N2CCN(C(=O)OC(C)(C)C)CC2)CCc2ccccc21. The van der Waals surface area contributed by atoms with Gasteiger partial charge in [-0.3, -0.25) is 9.69 Å². The van der Waals surface area contributed by atoms with Gasteiger partial charge in [0, 0.05) is 42.2 Å². The van der Waals surface area contributed by atoms with Gasteiger partial charge in [-0.25, -0.2) is 4.79 Å². The number of rotatable bonds is 4. The Morgan fingerprint density at radius 1 is 1.03 bits per heavy atom. The summed E-state index contributed by atoms with van der Waals surface area (Å²) < 4.78 is 7.53. The lowest BCUT2D eigenvalue weighted by Gasteiger charge is -2.47. The minimum Gasteiger partial charge on any atom is -0.444 e. The molecule has 8 heteroatoms. The highest BCUT2D eigenvalue weighted by Crippen LogP contribution is 2.44. The van der Waals surface area contributed by atoms with Gasteiger partial charge in [0.15, 0.2) is 0 Å². The van der Waals surface area contributed by atoms with Gasteiger partial charge in [0.2, 0.25) is 5.91 Å². The van der Waals surface area contributed by atoms with Gasteiger partial charge in [0.25, 0.3) is 0 Å². The predicted molar refractivity (Wildman–Crippen MR) is 149 cm³/mol. The topological polar surface area (TPSA) is 53.1 Å². The quantitative estimate of drug-likeness (QED) is 0.413. The lowest BCUT2D eigenvalue weighted by molar-refractivity contribution is -0.148. The van der Waals surface area contributed by atoms with Gasteiger partial charge in [-0.1, -0.05) is 56.1 Å². The van der Waals surface area contributed by atoms with Crippen LogP contribution >= 0.6 is 31.9 Å². The van der Waals surface area contributed by atoms with E-state index in [1.165, 1.54) is 5.56 Å². The van der Waals surface area contributed by atoms with E-state index in [0.717, 1.165) is 32.9 Å². The largest absolute Gasteiger partial charge is 0.444 e. The average Bonchev–Trinajstić information content (AvgIpc) is 3.21. The summed E-state index contributed by atoms with van der Waals surface area (Å²) >= 11 is 7.16. The molecule has 0 spiro atoms. The molecule has 0 aromatic heterocycles. The number of piperazine rings is 1. The van der Waals surface area contributed by atoms with E-state index in [1.54, 1.807) is 4.90 Å². The van der Waals surface area contributed by atoms with Crippen LogP contribution < -0.4 is 0 Å².